The summed E-state index contributed by atoms with van der Waals surface area (Å²) >= 11 is 0. The predicted octanol–water partition coefficient (Wildman–Crippen LogP) is 1.17. The second-order valence-electron chi connectivity index (χ2n) is 4.39. The number of pyridine rings is 1. The van der Waals surface area contributed by atoms with E-state index in [0.29, 0.717) is 0 Å². The molecule has 0 radical (unpaired) electrons. The zero-order valence-electron chi connectivity index (χ0n) is 10.2. The summed E-state index contributed by atoms with van der Waals surface area (Å²) in [4.78, 5) is 15.8. The van der Waals surface area contributed by atoms with Crippen molar-refractivity contribution in [3.05, 3.63) is 29.6 Å². The first-order valence-corrected chi connectivity index (χ1v) is 5.17. The van der Waals surface area contributed by atoms with Crippen molar-refractivity contribution in [1.82, 2.24) is 4.98 Å². The maximum absolute atomic E-state index is 11.4. The maximum atomic E-state index is 11.4. The predicted molar refractivity (Wildman–Crippen MR) is 62.0 cm³/mol. The highest BCUT2D eigenvalue weighted by Crippen LogP contribution is 2.25. The van der Waals surface area contributed by atoms with Crippen molar-refractivity contribution < 1.29 is 9.53 Å². The van der Waals surface area contributed by atoms with Gasteiger partial charge in [0.15, 0.2) is 0 Å². The quantitative estimate of drug-likeness (QED) is 0.780. The minimum Gasteiger partial charge on any atom is -0.468 e. The van der Waals surface area contributed by atoms with E-state index >= 15 is 0 Å². The van der Waals surface area contributed by atoms with Crippen LogP contribution in [0.4, 0.5) is 0 Å². The van der Waals surface area contributed by atoms with E-state index in [1.54, 1.807) is 0 Å². The molecular weight excluding hydrogens is 204 g/mol. The summed E-state index contributed by atoms with van der Waals surface area (Å²) in [5, 5.41) is 0. The van der Waals surface area contributed by atoms with Crippen LogP contribution in [0, 0.1) is 6.92 Å². The number of hydrogen-bond acceptors (Lipinski definition) is 4. The molecule has 0 aliphatic rings. The second-order valence-corrected chi connectivity index (χ2v) is 4.39. The summed E-state index contributed by atoms with van der Waals surface area (Å²) < 4.78 is 4.66. The molecule has 0 amide bonds. The SMILES string of the molecule is COC(=O)C(N)C(C)(C)c1cccc(C)n1. The number of hydrogen-bond donors (Lipinski definition) is 1. The van der Waals surface area contributed by atoms with E-state index < -0.39 is 17.4 Å². The third-order valence-electron chi connectivity index (χ3n) is 2.78. The molecular formula is C12H18N2O2. The Hall–Kier alpha value is -1.42. The van der Waals surface area contributed by atoms with Gasteiger partial charge in [-0.1, -0.05) is 19.9 Å². The van der Waals surface area contributed by atoms with Crippen LogP contribution in [-0.4, -0.2) is 24.1 Å². The lowest BCUT2D eigenvalue weighted by molar-refractivity contribution is -0.143. The minimum absolute atomic E-state index is 0.423. The van der Waals surface area contributed by atoms with E-state index in [0.717, 1.165) is 11.4 Å². The molecule has 88 valence electrons. The Morgan fingerprint density at radius 3 is 2.62 bits per heavy atom. The number of nitrogens with zero attached hydrogens (tertiary/aromatic N) is 1. The van der Waals surface area contributed by atoms with Crippen LogP contribution >= 0.6 is 0 Å². The number of methoxy groups -OCH3 is 1. The summed E-state index contributed by atoms with van der Waals surface area (Å²) in [5.41, 5.74) is 7.03. The van der Waals surface area contributed by atoms with Gasteiger partial charge in [0.2, 0.25) is 0 Å². The molecule has 0 saturated heterocycles. The number of rotatable bonds is 3. The van der Waals surface area contributed by atoms with Gasteiger partial charge in [-0.15, -0.1) is 0 Å². The normalized spacial score (nSPS) is 13.3. The van der Waals surface area contributed by atoms with Gasteiger partial charge < -0.3 is 10.5 Å². The fourth-order valence-electron chi connectivity index (χ4n) is 1.48. The summed E-state index contributed by atoms with van der Waals surface area (Å²) in [5.74, 6) is -0.423. The molecule has 1 rings (SSSR count). The van der Waals surface area contributed by atoms with Gasteiger partial charge in [-0.2, -0.15) is 0 Å². The first-order valence-electron chi connectivity index (χ1n) is 5.17. The highest BCUT2D eigenvalue weighted by molar-refractivity contribution is 5.77. The summed E-state index contributed by atoms with van der Waals surface area (Å²) in [7, 11) is 1.34. The number of esters is 1. The van der Waals surface area contributed by atoms with Crippen LogP contribution in [0.5, 0.6) is 0 Å². The Labute approximate surface area is 95.8 Å². The third-order valence-corrected chi connectivity index (χ3v) is 2.78. The fraction of sp³-hybridized carbons (Fsp3) is 0.500. The molecule has 1 unspecified atom stereocenters. The van der Waals surface area contributed by atoms with E-state index in [2.05, 4.69) is 9.72 Å². The molecule has 1 heterocycles. The van der Waals surface area contributed by atoms with E-state index in [4.69, 9.17) is 5.73 Å². The highest BCUT2D eigenvalue weighted by atomic mass is 16.5. The zero-order chi connectivity index (χ0) is 12.3. The Kier molecular flexibility index (Phi) is 3.65. The van der Waals surface area contributed by atoms with Gasteiger partial charge in [0, 0.05) is 16.8 Å². The molecule has 4 nitrogen and oxygen atoms in total. The van der Waals surface area contributed by atoms with Crippen LogP contribution in [0.15, 0.2) is 18.2 Å². The molecule has 0 spiro atoms. The van der Waals surface area contributed by atoms with Crippen LogP contribution in [0.25, 0.3) is 0 Å². The molecule has 1 aromatic heterocycles. The lowest BCUT2D eigenvalue weighted by Crippen LogP contribution is -2.47. The van der Waals surface area contributed by atoms with Gasteiger partial charge in [-0.05, 0) is 19.1 Å². The van der Waals surface area contributed by atoms with E-state index in [9.17, 15) is 4.79 Å². The molecule has 0 saturated carbocycles. The van der Waals surface area contributed by atoms with Gasteiger partial charge >= 0.3 is 5.97 Å². The lowest BCUT2D eigenvalue weighted by atomic mass is 9.81. The van der Waals surface area contributed by atoms with Crippen LogP contribution < -0.4 is 5.73 Å². The minimum atomic E-state index is -0.716. The van der Waals surface area contributed by atoms with Gasteiger partial charge in [0.1, 0.15) is 6.04 Å². The Morgan fingerprint density at radius 2 is 2.12 bits per heavy atom. The van der Waals surface area contributed by atoms with Crippen molar-refractivity contribution in [2.45, 2.75) is 32.2 Å². The fourth-order valence-corrected chi connectivity index (χ4v) is 1.48. The van der Waals surface area contributed by atoms with Crippen LogP contribution in [0.3, 0.4) is 0 Å². The van der Waals surface area contributed by atoms with Crippen molar-refractivity contribution in [2.75, 3.05) is 7.11 Å². The molecule has 0 fully saturated rings. The molecule has 1 aromatic rings. The lowest BCUT2D eigenvalue weighted by Gasteiger charge is -2.29. The molecule has 0 aliphatic heterocycles. The molecule has 1 atom stereocenters. The van der Waals surface area contributed by atoms with Gasteiger partial charge in [0.25, 0.3) is 0 Å². The first-order chi connectivity index (χ1) is 7.39. The van der Waals surface area contributed by atoms with Gasteiger partial charge in [0.05, 0.1) is 7.11 Å². The van der Waals surface area contributed by atoms with Crippen molar-refractivity contribution in [3.63, 3.8) is 0 Å². The van der Waals surface area contributed by atoms with Gasteiger partial charge in [-0.3, -0.25) is 9.78 Å². The van der Waals surface area contributed by atoms with Crippen molar-refractivity contribution in [1.29, 1.82) is 0 Å². The second kappa shape index (κ2) is 4.61. The molecule has 16 heavy (non-hydrogen) atoms. The Bertz CT molecular complexity index is 388. The topological polar surface area (TPSA) is 65.2 Å². The van der Waals surface area contributed by atoms with Crippen molar-refractivity contribution in [2.24, 2.45) is 5.73 Å². The summed E-state index contributed by atoms with van der Waals surface area (Å²) in [6.07, 6.45) is 0. The average Bonchev–Trinajstić information content (AvgIpc) is 2.27. The molecule has 0 aromatic carbocycles. The average molecular weight is 222 g/mol. The van der Waals surface area contributed by atoms with Crippen LogP contribution in [-0.2, 0) is 14.9 Å². The first kappa shape index (κ1) is 12.6. The van der Waals surface area contributed by atoms with Crippen molar-refractivity contribution >= 4 is 5.97 Å². The number of aromatic nitrogens is 1. The standard InChI is InChI=1S/C12H18N2O2/c1-8-6-5-7-9(14-8)12(2,3)10(13)11(15)16-4/h5-7,10H,13H2,1-4H3. The summed E-state index contributed by atoms with van der Waals surface area (Å²) in [6.45, 7) is 5.68. The monoisotopic (exact) mass is 222 g/mol. The van der Waals surface area contributed by atoms with E-state index in [1.165, 1.54) is 7.11 Å². The molecule has 2 N–H and O–H groups in total. The number of aryl methyl sites for hydroxylation is 1. The zero-order valence-corrected chi connectivity index (χ0v) is 10.2. The molecule has 4 heteroatoms. The Balaban J connectivity index is 3.05. The highest BCUT2D eigenvalue weighted by Gasteiger charge is 2.35. The van der Waals surface area contributed by atoms with Gasteiger partial charge in [-0.25, -0.2) is 0 Å². The number of nitrogens with two attached hydrogens (primary N) is 1. The largest absolute Gasteiger partial charge is 0.468 e. The Morgan fingerprint density at radius 1 is 1.50 bits per heavy atom. The number of carbonyl (C=O) groups is 1. The van der Waals surface area contributed by atoms with E-state index in [1.807, 2.05) is 39.0 Å². The van der Waals surface area contributed by atoms with Crippen molar-refractivity contribution in [3.8, 4) is 0 Å². The maximum Gasteiger partial charge on any atom is 0.323 e. The number of carbonyl (C=O) groups excluding carboxylic acids is 1. The van der Waals surface area contributed by atoms with Crippen LogP contribution in [0.1, 0.15) is 25.2 Å². The third kappa shape index (κ3) is 2.39. The van der Waals surface area contributed by atoms with E-state index in [-0.39, 0.29) is 0 Å². The van der Waals surface area contributed by atoms with Crippen LogP contribution in [0.2, 0.25) is 0 Å². The summed E-state index contributed by atoms with van der Waals surface area (Å²) in [6, 6.07) is 4.97. The smallest absolute Gasteiger partial charge is 0.323 e. The molecule has 0 bridgehead atoms. The molecule has 0 aliphatic carbocycles. The number of ether oxygens (including phenoxy) is 1.